The number of rotatable bonds is 19. The molecule has 222 valence electrons. The van der Waals surface area contributed by atoms with Crippen LogP contribution in [0.4, 0.5) is 5.69 Å². The van der Waals surface area contributed by atoms with Crippen LogP contribution < -0.4 is 14.6 Å². The summed E-state index contributed by atoms with van der Waals surface area (Å²) in [5.41, 5.74) is 5.27. The second-order valence-corrected chi connectivity index (χ2v) is 11.8. The second-order valence-electron chi connectivity index (χ2n) is 11.4. The number of hydrogen-bond acceptors (Lipinski definition) is 2. The van der Waals surface area contributed by atoms with Crippen molar-refractivity contribution in [2.75, 3.05) is 11.9 Å². The Morgan fingerprint density at radius 3 is 2.15 bits per heavy atom. The minimum absolute atomic E-state index is 0.0660. The van der Waals surface area contributed by atoms with Gasteiger partial charge in [-0.1, -0.05) is 113 Å². The van der Waals surface area contributed by atoms with E-state index in [1.165, 1.54) is 81.8 Å². The molecular weight excluding hydrogens is 528 g/mol. The smallest absolute Gasteiger partial charge is 0.228 e. The highest BCUT2D eigenvalue weighted by Gasteiger charge is 2.13. The van der Waals surface area contributed by atoms with Crippen molar-refractivity contribution in [3.05, 3.63) is 88.2 Å². The van der Waals surface area contributed by atoms with Gasteiger partial charge in [-0.25, -0.2) is 4.57 Å². The predicted octanol–water partition coefficient (Wildman–Crippen LogP) is 9.55. The summed E-state index contributed by atoms with van der Waals surface area (Å²) < 4.78 is 8.08. The maximum Gasteiger partial charge on any atom is 0.228 e. The average molecular weight is 578 g/mol. The monoisotopic (exact) mass is 577 g/mol. The molecule has 0 bridgehead atoms. The molecule has 0 atom stereocenters. The number of carbonyl (C=O) groups excluding carboxylic acids is 1. The van der Waals surface area contributed by atoms with E-state index in [1.807, 2.05) is 36.4 Å². The maximum absolute atomic E-state index is 12.9. The molecule has 0 unspecified atom stereocenters. The second kappa shape index (κ2) is 18.6. The zero-order chi connectivity index (χ0) is 29.3. The molecule has 0 saturated heterocycles. The summed E-state index contributed by atoms with van der Waals surface area (Å²) in [6.07, 6.45) is 20.3. The summed E-state index contributed by atoms with van der Waals surface area (Å²) in [5, 5.41) is 3.65. The third-order valence-electron chi connectivity index (χ3n) is 7.76. The van der Waals surface area contributed by atoms with Crippen molar-refractivity contribution in [3.63, 3.8) is 0 Å². The van der Waals surface area contributed by atoms with Crippen molar-refractivity contribution >= 4 is 23.2 Å². The predicted molar refractivity (Wildman–Crippen MR) is 172 cm³/mol. The van der Waals surface area contributed by atoms with E-state index in [-0.39, 0.29) is 12.3 Å². The highest BCUT2D eigenvalue weighted by molar-refractivity contribution is 6.32. The van der Waals surface area contributed by atoms with Crippen molar-refractivity contribution in [1.29, 1.82) is 0 Å². The fraction of sp³-hybridized carbons (Fsp3) is 0.500. The summed E-state index contributed by atoms with van der Waals surface area (Å²) in [5.74, 6) is 0.624. The lowest BCUT2D eigenvalue weighted by Gasteiger charge is -2.11. The van der Waals surface area contributed by atoms with Crippen LogP contribution in [0, 0.1) is 13.8 Å². The molecule has 3 aromatic rings. The van der Waals surface area contributed by atoms with E-state index in [0.29, 0.717) is 23.9 Å². The van der Waals surface area contributed by atoms with Gasteiger partial charge in [0.1, 0.15) is 5.75 Å². The number of ether oxygens (including phenoxy) is 1. The number of anilines is 1. The van der Waals surface area contributed by atoms with Gasteiger partial charge >= 0.3 is 0 Å². The van der Waals surface area contributed by atoms with Crippen LogP contribution in [0.3, 0.4) is 0 Å². The van der Waals surface area contributed by atoms with Crippen molar-refractivity contribution in [2.45, 2.75) is 111 Å². The average Bonchev–Trinajstić information content (AvgIpc) is 2.95. The third kappa shape index (κ3) is 12.3. The van der Waals surface area contributed by atoms with Gasteiger partial charge in [0.05, 0.1) is 23.7 Å². The summed E-state index contributed by atoms with van der Waals surface area (Å²) in [4.78, 5) is 12.9. The Morgan fingerprint density at radius 2 is 1.49 bits per heavy atom. The normalized spacial score (nSPS) is 11.0. The minimum atomic E-state index is -0.0660. The Bertz CT molecular complexity index is 1210. The molecule has 0 aliphatic carbocycles. The number of nitrogens with zero attached hydrogens (tertiary/aromatic N) is 1. The third-order valence-corrected chi connectivity index (χ3v) is 8.05. The van der Waals surface area contributed by atoms with Crippen LogP contribution in [0.15, 0.2) is 60.9 Å². The van der Waals surface area contributed by atoms with Crippen LogP contribution in [-0.4, -0.2) is 12.5 Å². The summed E-state index contributed by atoms with van der Waals surface area (Å²) in [6, 6.07) is 15.7. The number of pyridine rings is 1. The summed E-state index contributed by atoms with van der Waals surface area (Å²) in [7, 11) is 0. The number of para-hydroxylation sites is 1. The molecule has 1 amide bonds. The summed E-state index contributed by atoms with van der Waals surface area (Å²) in [6.45, 7) is 7.85. The molecule has 4 nitrogen and oxygen atoms in total. The molecule has 0 radical (unpaired) electrons. The highest BCUT2D eigenvalue weighted by Crippen LogP contribution is 2.26. The number of unbranched alkanes of at least 4 members (excludes halogenated alkanes) is 11. The molecule has 1 heterocycles. The van der Waals surface area contributed by atoms with E-state index < -0.39 is 0 Å². The minimum Gasteiger partial charge on any atom is -0.492 e. The number of amides is 1. The Morgan fingerprint density at radius 1 is 0.829 bits per heavy atom. The zero-order valence-corrected chi connectivity index (χ0v) is 26.3. The van der Waals surface area contributed by atoms with Crippen molar-refractivity contribution < 1.29 is 14.1 Å². The van der Waals surface area contributed by atoms with Crippen molar-refractivity contribution in [1.82, 2.24) is 0 Å². The van der Waals surface area contributed by atoms with Gasteiger partial charge in [-0.2, -0.15) is 0 Å². The fourth-order valence-electron chi connectivity index (χ4n) is 5.08. The molecule has 2 aromatic carbocycles. The van der Waals surface area contributed by atoms with Gasteiger partial charge in [0.25, 0.3) is 0 Å². The van der Waals surface area contributed by atoms with E-state index in [2.05, 4.69) is 55.2 Å². The van der Waals surface area contributed by atoms with Gasteiger partial charge in [0.2, 0.25) is 5.91 Å². The van der Waals surface area contributed by atoms with Crippen molar-refractivity contribution in [2.24, 2.45) is 0 Å². The topological polar surface area (TPSA) is 42.2 Å². The Hall–Kier alpha value is -2.85. The zero-order valence-electron chi connectivity index (χ0n) is 25.5. The van der Waals surface area contributed by atoms with Crippen LogP contribution in [0.1, 0.15) is 106 Å². The molecule has 1 aromatic heterocycles. The molecule has 0 fully saturated rings. The Kier molecular flexibility index (Phi) is 14.8. The van der Waals surface area contributed by atoms with E-state index >= 15 is 0 Å². The van der Waals surface area contributed by atoms with Crippen LogP contribution >= 0.6 is 11.6 Å². The number of nitrogens with one attached hydrogen (secondary N) is 1. The van der Waals surface area contributed by atoms with Crippen LogP contribution in [0.5, 0.6) is 5.75 Å². The molecule has 41 heavy (non-hydrogen) atoms. The molecule has 5 heteroatoms. The molecule has 1 N–H and O–H groups in total. The van der Waals surface area contributed by atoms with Crippen LogP contribution in [-0.2, 0) is 17.8 Å². The molecule has 0 saturated carbocycles. The molecule has 0 spiro atoms. The lowest BCUT2D eigenvalue weighted by Crippen LogP contribution is -2.34. The van der Waals surface area contributed by atoms with Gasteiger partial charge < -0.3 is 10.1 Å². The fourth-order valence-corrected chi connectivity index (χ4v) is 5.34. The SMILES string of the molecule is CCCCCCCCCCCCCCOc1ccc(CC(=O)Nc2ccccc2C[n+]2ccc(C)c(C)c2)cc1Cl. The molecular formula is C36H50ClN2O2+. The van der Waals surface area contributed by atoms with Gasteiger partial charge in [-0.3, -0.25) is 4.79 Å². The number of halogens is 1. The highest BCUT2D eigenvalue weighted by atomic mass is 35.5. The van der Waals surface area contributed by atoms with E-state index in [9.17, 15) is 4.79 Å². The van der Waals surface area contributed by atoms with Crippen LogP contribution in [0.25, 0.3) is 0 Å². The lowest BCUT2D eigenvalue weighted by molar-refractivity contribution is -0.688. The Labute approximate surface area is 253 Å². The largest absolute Gasteiger partial charge is 0.492 e. The molecule has 0 aliphatic heterocycles. The maximum atomic E-state index is 12.9. The number of aromatic nitrogens is 1. The quantitative estimate of drug-likeness (QED) is 0.114. The lowest BCUT2D eigenvalue weighted by atomic mass is 10.1. The number of hydrogen-bond donors (Lipinski definition) is 1. The van der Waals surface area contributed by atoms with Crippen molar-refractivity contribution in [3.8, 4) is 5.75 Å². The van der Waals surface area contributed by atoms with Gasteiger partial charge in [-0.05, 0) is 49.6 Å². The van der Waals surface area contributed by atoms with E-state index in [1.54, 1.807) is 0 Å². The van der Waals surface area contributed by atoms with E-state index in [4.69, 9.17) is 16.3 Å². The summed E-state index contributed by atoms with van der Waals surface area (Å²) >= 11 is 6.50. The van der Waals surface area contributed by atoms with Crippen LogP contribution in [0.2, 0.25) is 5.02 Å². The van der Waals surface area contributed by atoms with Gasteiger partial charge in [0, 0.05) is 17.2 Å². The Balaban J connectivity index is 1.36. The van der Waals surface area contributed by atoms with Gasteiger partial charge in [-0.15, -0.1) is 0 Å². The standard InChI is InChI=1S/C36H49ClN2O2/c1-4-5-6-7-8-9-10-11-12-13-14-17-24-41-35-21-20-31(25-33(35)37)26-36(40)38-34-19-16-15-18-32(34)28-39-23-22-29(2)30(3)27-39/h15-16,18-23,25,27H,4-14,17,24,26,28H2,1-3H3/p+1. The molecule has 3 rings (SSSR count). The first-order valence-corrected chi connectivity index (χ1v) is 16.1. The first-order valence-electron chi connectivity index (χ1n) is 15.7. The number of aryl methyl sites for hydroxylation is 2. The first kappa shape index (κ1) is 32.7. The number of carbonyl (C=O) groups is 1. The van der Waals surface area contributed by atoms with Gasteiger partial charge in [0.15, 0.2) is 18.9 Å². The van der Waals surface area contributed by atoms with E-state index in [0.717, 1.165) is 23.2 Å². The molecule has 0 aliphatic rings. The number of benzene rings is 2. The first-order chi connectivity index (χ1) is 20.0.